The molecule has 3 aromatic rings. The summed E-state index contributed by atoms with van der Waals surface area (Å²) in [7, 11) is -3.95. The third-order valence-corrected chi connectivity index (χ3v) is 9.76. The van der Waals surface area contributed by atoms with E-state index >= 15 is 0 Å². The van der Waals surface area contributed by atoms with E-state index in [1.807, 2.05) is 50.2 Å². The number of rotatable bonds is 8. The van der Waals surface area contributed by atoms with Crippen molar-refractivity contribution < 1.29 is 23.1 Å². The molecule has 3 atom stereocenters. The lowest BCUT2D eigenvalue weighted by molar-refractivity contribution is -0.143. The van der Waals surface area contributed by atoms with Crippen molar-refractivity contribution in [3.8, 4) is 5.75 Å². The Labute approximate surface area is 221 Å². The number of carbonyl (C=O) groups is 1. The Bertz CT molecular complexity index is 1300. The van der Waals surface area contributed by atoms with E-state index in [1.165, 1.54) is 16.1 Å². The summed E-state index contributed by atoms with van der Waals surface area (Å²) in [6.45, 7) is 4.18. The Morgan fingerprint density at radius 2 is 1.69 bits per heavy atom. The van der Waals surface area contributed by atoms with Crippen LogP contribution < -0.4 is 4.74 Å². The molecule has 0 bridgehead atoms. The Kier molecular flexibility index (Phi) is 8.30. The van der Waals surface area contributed by atoms with Crippen LogP contribution in [0.4, 0.5) is 0 Å². The summed E-state index contributed by atoms with van der Waals surface area (Å²) in [5.41, 5.74) is 1.73. The summed E-state index contributed by atoms with van der Waals surface area (Å²) in [4.78, 5) is 13.4. The van der Waals surface area contributed by atoms with Gasteiger partial charge in [0, 0.05) is 21.7 Å². The topological polar surface area (TPSA) is 83.9 Å². The average Bonchev–Trinajstić information content (AvgIpc) is 2.86. The van der Waals surface area contributed by atoms with Crippen LogP contribution in [0.5, 0.6) is 5.75 Å². The molecule has 1 aliphatic heterocycles. The van der Waals surface area contributed by atoms with Crippen LogP contribution in [-0.2, 0) is 14.8 Å². The Morgan fingerprint density at radius 3 is 2.28 bits per heavy atom. The van der Waals surface area contributed by atoms with E-state index in [2.05, 4.69) is 0 Å². The molecule has 0 spiro atoms. The Hall–Kier alpha value is -2.52. The van der Waals surface area contributed by atoms with Gasteiger partial charge in [-0.1, -0.05) is 41.4 Å². The van der Waals surface area contributed by atoms with Crippen molar-refractivity contribution in [1.29, 1.82) is 0 Å². The molecular weight excluding hydrogens is 518 g/mol. The van der Waals surface area contributed by atoms with Crippen molar-refractivity contribution in [2.24, 2.45) is 5.92 Å². The predicted octanol–water partition coefficient (Wildman–Crippen LogP) is 6.04. The maximum Gasteiger partial charge on any atom is 0.308 e. The highest BCUT2D eigenvalue weighted by Gasteiger charge is 2.45. The van der Waals surface area contributed by atoms with Crippen molar-refractivity contribution in [2.45, 2.75) is 41.4 Å². The fraction of sp³-hybridized carbons (Fsp3) is 0.296. The lowest BCUT2D eigenvalue weighted by Gasteiger charge is -2.41. The predicted molar refractivity (Wildman–Crippen MR) is 142 cm³/mol. The SMILES string of the molecule is CCOc1ccc([C@@H]2C[C@@H](Sc3ccc(Cl)cc3)[C@H](C(=O)O)CN2S(=O)(=O)c2ccc(C)cc2)cc1. The zero-order valence-corrected chi connectivity index (χ0v) is 22.4. The number of thioether (sulfide) groups is 1. The average molecular weight is 546 g/mol. The molecule has 36 heavy (non-hydrogen) atoms. The van der Waals surface area contributed by atoms with Gasteiger partial charge < -0.3 is 9.84 Å². The van der Waals surface area contributed by atoms with E-state index in [0.717, 1.165) is 16.0 Å². The first-order valence-corrected chi connectivity index (χ1v) is 14.3. The number of aryl methyl sites for hydroxylation is 1. The largest absolute Gasteiger partial charge is 0.494 e. The van der Waals surface area contributed by atoms with Gasteiger partial charge in [0.05, 0.1) is 23.5 Å². The molecule has 9 heteroatoms. The first-order valence-electron chi connectivity index (χ1n) is 11.7. The Morgan fingerprint density at radius 1 is 1.06 bits per heavy atom. The fourth-order valence-corrected chi connectivity index (χ4v) is 7.43. The molecule has 1 N–H and O–H groups in total. The van der Waals surface area contributed by atoms with Crippen molar-refractivity contribution >= 4 is 39.4 Å². The molecular formula is C27H28ClNO5S2. The van der Waals surface area contributed by atoms with Crippen LogP contribution in [0.15, 0.2) is 82.6 Å². The van der Waals surface area contributed by atoms with E-state index in [-0.39, 0.29) is 16.7 Å². The molecule has 0 aliphatic carbocycles. The Balaban J connectivity index is 1.74. The third kappa shape index (κ3) is 5.89. The molecule has 0 radical (unpaired) electrons. The van der Waals surface area contributed by atoms with Crippen LogP contribution in [0.1, 0.15) is 30.5 Å². The molecule has 0 aromatic heterocycles. The van der Waals surface area contributed by atoms with Gasteiger partial charge in [0.2, 0.25) is 10.0 Å². The first kappa shape index (κ1) is 26.5. The van der Waals surface area contributed by atoms with Gasteiger partial charge in [0.1, 0.15) is 5.75 Å². The molecule has 6 nitrogen and oxygen atoms in total. The van der Waals surface area contributed by atoms with Crippen molar-refractivity contribution in [1.82, 2.24) is 4.31 Å². The highest BCUT2D eigenvalue weighted by Crippen LogP contribution is 2.44. The molecule has 0 saturated carbocycles. The van der Waals surface area contributed by atoms with Crippen molar-refractivity contribution in [2.75, 3.05) is 13.2 Å². The number of carboxylic acids is 1. The molecule has 0 amide bonds. The number of hydrogen-bond donors (Lipinski definition) is 1. The molecule has 0 unspecified atom stereocenters. The van der Waals surface area contributed by atoms with E-state index in [0.29, 0.717) is 23.8 Å². The number of nitrogens with zero attached hydrogens (tertiary/aromatic N) is 1. The molecule has 4 rings (SSSR count). The summed E-state index contributed by atoms with van der Waals surface area (Å²) in [6.07, 6.45) is 0.337. The molecule has 190 valence electrons. The number of aliphatic carboxylic acids is 1. The number of hydrogen-bond acceptors (Lipinski definition) is 5. The maximum absolute atomic E-state index is 13.8. The van der Waals surface area contributed by atoms with Gasteiger partial charge in [0.15, 0.2) is 0 Å². The monoisotopic (exact) mass is 545 g/mol. The number of ether oxygens (including phenoxy) is 1. The van der Waals surface area contributed by atoms with Crippen LogP contribution in [0, 0.1) is 12.8 Å². The van der Waals surface area contributed by atoms with Gasteiger partial charge in [-0.3, -0.25) is 4.79 Å². The third-order valence-electron chi connectivity index (χ3n) is 6.25. The van der Waals surface area contributed by atoms with Crippen molar-refractivity contribution in [3.05, 3.63) is 88.9 Å². The van der Waals surface area contributed by atoms with Crippen LogP contribution >= 0.6 is 23.4 Å². The number of sulfonamides is 1. The first-order chi connectivity index (χ1) is 17.2. The minimum atomic E-state index is -3.95. The number of benzene rings is 3. The summed E-state index contributed by atoms with van der Waals surface area (Å²) >= 11 is 7.47. The summed E-state index contributed by atoms with van der Waals surface area (Å²) in [6, 6.07) is 20.7. The number of piperidine rings is 1. The van der Waals surface area contributed by atoms with Gasteiger partial charge >= 0.3 is 5.97 Å². The van der Waals surface area contributed by atoms with Crippen LogP contribution in [0.2, 0.25) is 5.02 Å². The minimum Gasteiger partial charge on any atom is -0.494 e. The zero-order valence-electron chi connectivity index (χ0n) is 20.0. The number of carboxylic acid groups (broad SMARTS) is 1. The van der Waals surface area contributed by atoms with Gasteiger partial charge in [0.25, 0.3) is 0 Å². The second kappa shape index (κ2) is 11.3. The standard InChI is InChI=1S/C27H28ClNO5S2/c1-3-34-21-10-6-19(7-11-21)25-16-26(35-22-12-8-20(28)9-13-22)24(27(30)31)17-29(25)36(32,33)23-14-4-18(2)5-15-23/h4-15,24-26H,3,16-17H2,1-2H3,(H,30,31)/t24-,25+,26-/m1/s1. The van der Waals surface area contributed by atoms with E-state index in [4.69, 9.17) is 16.3 Å². The summed E-state index contributed by atoms with van der Waals surface area (Å²) in [5.74, 6) is -1.21. The van der Waals surface area contributed by atoms with E-state index in [9.17, 15) is 18.3 Å². The quantitative estimate of drug-likeness (QED) is 0.371. The van der Waals surface area contributed by atoms with E-state index in [1.54, 1.807) is 36.4 Å². The number of halogens is 1. The molecule has 1 heterocycles. The van der Waals surface area contributed by atoms with Gasteiger partial charge in [-0.2, -0.15) is 4.31 Å². The molecule has 3 aromatic carbocycles. The van der Waals surface area contributed by atoms with Gasteiger partial charge in [-0.25, -0.2) is 8.42 Å². The zero-order chi connectivity index (χ0) is 25.9. The molecule has 1 aliphatic rings. The van der Waals surface area contributed by atoms with Gasteiger partial charge in [-0.15, -0.1) is 11.8 Å². The second-order valence-corrected chi connectivity index (χ2v) is 12.3. The van der Waals surface area contributed by atoms with Crippen LogP contribution in [-0.4, -0.2) is 42.2 Å². The fourth-order valence-electron chi connectivity index (χ4n) is 4.36. The smallest absolute Gasteiger partial charge is 0.308 e. The lowest BCUT2D eigenvalue weighted by atomic mass is 9.90. The van der Waals surface area contributed by atoms with Crippen LogP contribution in [0.3, 0.4) is 0 Å². The highest BCUT2D eigenvalue weighted by atomic mass is 35.5. The van der Waals surface area contributed by atoms with Gasteiger partial charge in [-0.05, 0) is 74.4 Å². The summed E-state index contributed by atoms with van der Waals surface area (Å²) in [5, 5.41) is 10.4. The normalized spacial score (nSPS) is 20.7. The maximum atomic E-state index is 13.8. The minimum absolute atomic E-state index is 0.130. The van der Waals surface area contributed by atoms with Crippen LogP contribution in [0.25, 0.3) is 0 Å². The second-order valence-electron chi connectivity index (χ2n) is 8.70. The summed E-state index contributed by atoms with van der Waals surface area (Å²) < 4.78 is 34.5. The molecule has 1 fully saturated rings. The molecule has 1 saturated heterocycles. The highest BCUT2D eigenvalue weighted by molar-refractivity contribution is 8.00. The lowest BCUT2D eigenvalue weighted by Crippen LogP contribution is -2.49. The van der Waals surface area contributed by atoms with Crippen molar-refractivity contribution in [3.63, 3.8) is 0 Å². The van der Waals surface area contributed by atoms with E-state index < -0.39 is 28.0 Å².